The maximum Gasteiger partial charge on any atom is 0.331 e. The zero-order chi connectivity index (χ0) is 16.8. The third-order valence-corrected chi connectivity index (χ3v) is 3.26. The van der Waals surface area contributed by atoms with Crippen LogP contribution in [0.1, 0.15) is 18.2 Å². The number of esters is 2. The molecule has 0 aliphatic carbocycles. The van der Waals surface area contributed by atoms with Crippen molar-refractivity contribution in [2.45, 2.75) is 12.6 Å². The number of alkyl halides is 1. The van der Waals surface area contributed by atoms with Gasteiger partial charge >= 0.3 is 11.9 Å². The molecule has 0 bridgehead atoms. The molecule has 0 aliphatic rings. The Morgan fingerprint density at radius 1 is 1.18 bits per heavy atom. The first kappa shape index (κ1) is 17.6. The van der Waals surface area contributed by atoms with Gasteiger partial charge < -0.3 is 9.47 Å². The maximum atomic E-state index is 14.5. The minimum Gasteiger partial charge on any atom is -0.468 e. The van der Waals surface area contributed by atoms with Gasteiger partial charge in [-0.25, -0.2) is 4.39 Å². The predicted octanol–water partition coefficient (Wildman–Crippen LogP) is 2.17. The monoisotopic (exact) mass is 308 g/mol. The number of allylic oxidation sites excluding steroid dienone is 1. The van der Waals surface area contributed by atoms with E-state index in [0.29, 0.717) is 0 Å². The predicted molar refractivity (Wildman–Crippen MR) is 76.6 cm³/mol. The van der Waals surface area contributed by atoms with Gasteiger partial charge in [-0.1, -0.05) is 36.4 Å². The Labute approximate surface area is 127 Å². The highest BCUT2D eigenvalue weighted by Crippen LogP contribution is 2.35. The van der Waals surface area contributed by atoms with Crippen molar-refractivity contribution in [2.75, 3.05) is 14.2 Å². The van der Waals surface area contributed by atoms with E-state index in [9.17, 15) is 18.8 Å². The highest BCUT2D eigenvalue weighted by Gasteiger charge is 2.56. The van der Waals surface area contributed by atoms with Gasteiger partial charge in [0, 0.05) is 0 Å². The van der Waals surface area contributed by atoms with Crippen molar-refractivity contribution in [2.24, 2.45) is 5.41 Å². The van der Waals surface area contributed by atoms with Crippen LogP contribution in [0.2, 0.25) is 0 Å². The Hall–Kier alpha value is -2.50. The normalized spacial score (nSPS) is 12.1. The summed E-state index contributed by atoms with van der Waals surface area (Å²) in [4.78, 5) is 36.6. The second kappa shape index (κ2) is 7.49. The summed E-state index contributed by atoms with van der Waals surface area (Å²) in [5.74, 6) is -3.59. The fraction of sp³-hybridized carbons (Fsp3) is 0.312. The molecule has 22 heavy (non-hydrogen) atoms. The molecule has 1 atom stereocenters. The Balaban J connectivity index is 3.36. The molecule has 5 nitrogen and oxygen atoms in total. The molecule has 0 spiro atoms. The van der Waals surface area contributed by atoms with E-state index >= 15 is 0 Å². The van der Waals surface area contributed by atoms with Crippen molar-refractivity contribution >= 4 is 17.7 Å². The van der Waals surface area contributed by atoms with Crippen LogP contribution < -0.4 is 0 Å². The fourth-order valence-electron chi connectivity index (χ4n) is 2.11. The molecule has 6 heteroatoms. The van der Waals surface area contributed by atoms with E-state index in [0.717, 1.165) is 14.2 Å². The van der Waals surface area contributed by atoms with Crippen molar-refractivity contribution in [1.82, 2.24) is 0 Å². The summed E-state index contributed by atoms with van der Waals surface area (Å²) >= 11 is 0. The lowest BCUT2D eigenvalue weighted by atomic mass is 9.77. The van der Waals surface area contributed by atoms with Gasteiger partial charge in [0.15, 0.2) is 12.0 Å². The molecular weight excluding hydrogens is 291 g/mol. The van der Waals surface area contributed by atoms with Crippen molar-refractivity contribution in [3.8, 4) is 0 Å². The van der Waals surface area contributed by atoms with Crippen LogP contribution in [-0.4, -0.2) is 31.9 Å². The van der Waals surface area contributed by atoms with Gasteiger partial charge in [0.05, 0.1) is 14.2 Å². The number of hydrogen-bond acceptors (Lipinski definition) is 5. The number of Topliss-reactive ketones (excluding diaryl/α,β-unsaturated/α-hetero) is 1. The van der Waals surface area contributed by atoms with Crippen LogP contribution in [0.3, 0.4) is 0 Å². The molecule has 1 aromatic rings. The van der Waals surface area contributed by atoms with E-state index in [1.54, 1.807) is 18.2 Å². The minimum atomic E-state index is -2.40. The molecule has 1 unspecified atom stereocenters. The maximum absolute atomic E-state index is 14.5. The zero-order valence-corrected chi connectivity index (χ0v) is 12.4. The van der Waals surface area contributed by atoms with E-state index in [1.165, 1.54) is 18.2 Å². The van der Waals surface area contributed by atoms with Crippen molar-refractivity contribution < 1.29 is 28.2 Å². The van der Waals surface area contributed by atoms with Gasteiger partial charge in [0.25, 0.3) is 0 Å². The summed E-state index contributed by atoms with van der Waals surface area (Å²) in [6.45, 7) is 3.40. The quantitative estimate of drug-likeness (QED) is 0.439. The summed E-state index contributed by atoms with van der Waals surface area (Å²) in [6.07, 6.45) is -1.42. The summed E-state index contributed by atoms with van der Waals surface area (Å²) in [6, 6.07) is 7.51. The number of methoxy groups -OCH3 is 2. The van der Waals surface area contributed by atoms with Gasteiger partial charge in [-0.3, -0.25) is 14.4 Å². The molecule has 0 N–H and O–H groups in total. The molecule has 0 radical (unpaired) electrons. The van der Waals surface area contributed by atoms with Gasteiger partial charge in [-0.05, 0) is 12.0 Å². The van der Waals surface area contributed by atoms with Crippen LogP contribution in [0.15, 0.2) is 43.0 Å². The van der Waals surface area contributed by atoms with E-state index in [-0.39, 0.29) is 5.56 Å². The number of carbonyl (C=O) groups is 3. The van der Waals surface area contributed by atoms with Crippen LogP contribution in [0.25, 0.3) is 0 Å². The molecule has 0 aliphatic heterocycles. The summed E-state index contributed by atoms with van der Waals surface area (Å²) in [5, 5.41) is 0. The van der Waals surface area contributed by atoms with Gasteiger partial charge in [-0.15, -0.1) is 6.58 Å². The number of benzene rings is 1. The lowest BCUT2D eigenvalue weighted by Crippen LogP contribution is -2.49. The molecule has 0 heterocycles. The Kier molecular flexibility index (Phi) is 5.98. The summed E-state index contributed by atoms with van der Waals surface area (Å²) in [5.41, 5.74) is -2.37. The molecule has 118 valence electrons. The van der Waals surface area contributed by atoms with E-state index in [4.69, 9.17) is 0 Å². The highest BCUT2D eigenvalue weighted by atomic mass is 19.1. The first-order valence-electron chi connectivity index (χ1n) is 6.46. The van der Waals surface area contributed by atoms with Crippen LogP contribution in [0.5, 0.6) is 0 Å². The standard InChI is InChI=1S/C16H17FO5/c1-4-10-16(14(19)21-2,15(20)22-3)13(18)12(17)11-8-6-5-7-9-11/h4-9,12H,1,10H2,2-3H3. The van der Waals surface area contributed by atoms with Crippen LogP contribution in [-0.2, 0) is 23.9 Å². The number of ketones is 1. The van der Waals surface area contributed by atoms with E-state index < -0.39 is 35.7 Å². The van der Waals surface area contributed by atoms with Gasteiger partial charge in [-0.2, -0.15) is 0 Å². The van der Waals surface area contributed by atoms with Gasteiger partial charge in [0.2, 0.25) is 5.41 Å². The van der Waals surface area contributed by atoms with Crippen molar-refractivity contribution in [3.05, 3.63) is 48.6 Å². The summed E-state index contributed by atoms with van der Waals surface area (Å²) in [7, 11) is 2.01. The third kappa shape index (κ3) is 3.05. The van der Waals surface area contributed by atoms with Crippen LogP contribution in [0.4, 0.5) is 4.39 Å². The lowest BCUT2D eigenvalue weighted by molar-refractivity contribution is -0.173. The van der Waals surface area contributed by atoms with Crippen LogP contribution >= 0.6 is 0 Å². The Bertz CT molecular complexity index is 551. The van der Waals surface area contributed by atoms with Crippen LogP contribution in [0, 0.1) is 5.41 Å². The molecular formula is C16H17FO5. The largest absolute Gasteiger partial charge is 0.468 e. The molecule has 0 saturated heterocycles. The third-order valence-electron chi connectivity index (χ3n) is 3.26. The number of halogens is 1. The molecule has 1 aromatic carbocycles. The molecule has 0 fully saturated rings. The molecule has 0 amide bonds. The molecule has 1 rings (SSSR count). The Morgan fingerprint density at radius 2 is 1.68 bits per heavy atom. The van der Waals surface area contributed by atoms with Crippen molar-refractivity contribution in [1.29, 1.82) is 0 Å². The molecule has 0 aromatic heterocycles. The van der Waals surface area contributed by atoms with E-state index in [2.05, 4.69) is 16.1 Å². The SMILES string of the molecule is C=CCC(C(=O)OC)(C(=O)OC)C(=O)C(F)c1ccccc1. The first-order chi connectivity index (χ1) is 10.4. The fourth-order valence-corrected chi connectivity index (χ4v) is 2.11. The summed E-state index contributed by atoms with van der Waals surface area (Å²) < 4.78 is 23.6. The average Bonchev–Trinajstić information content (AvgIpc) is 2.57. The second-order valence-corrected chi connectivity index (χ2v) is 4.52. The lowest BCUT2D eigenvalue weighted by Gasteiger charge is -2.27. The topological polar surface area (TPSA) is 69.7 Å². The smallest absolute Gasteiger partial charge is 0.331 e. The Morgan fingerprint density at radius 3 is 2.09 bits per heavy atom. The molecule has 0 saturated carbocycles. The first-order valence-corrected chi connectivity index (χ1v) is 6.46. The number of hydrogen-bond donors (Lipinski definition) is 0. The minimum absolute atomic E-state index is 0.0359. The number of ether oxygens (including phenoxy) is 2. The van der Waals surface area contributed by atoms with Crippen molar-refractivity contribution in [3.63, 3.8) is 0 Å². The second-order valence-electron chi connectivity index (χ2n) is 4.52. The average molecular weight is 308 g/mol. The van der Waals surface area contributed by atoms with Gasteiger partial charge in [0.1, 0.15) is 0 Å². The zero-order valence-electron chi connectivity index (χ0n) is 12.4. The number of carbonyl (C=O) groups excluding carboxylic acids is 3. The van der Waals surface area contributed by atoms with E-state index in [1.807, 2.05) is 0 Å². The number of rotatable bonds is 7. The highest BCUT2D eigenvalue weighted by molar-refractivity contribution is 6.21.